The SMILES string of the molecule is CCCCCC1(NC(N)=O)C=CNN1. The van der Waals surface area contributed by atoms with Gasteiger partial charge < -0.3 is 16.5 Å². The summed E-state index contributed by atoms with van der Waals surface area (Å²) >= 11 is 0. The normalized spacial score (nSPS) is 24.6. The Morgan fingerprint density at radius 3 is 2.86 bits per heavy atom. The van der Waals surface area contributed by atoms with Crippen molar-refractivity contribution in [2.75, 3.05) is 0 Å². The molecule has 5 N–H and O–H groups in total. The van der Waals surface area contributed by atoms with Crippen LogP contribution in [0.3, 0.4) is 0 Å². The molecule has 0 spiro atoms. The average molecular weight is 198 g/mol. The summed E-state index contributed by atoms with van der Waals surface area (Å²) in [5.41, 5.74) is 10.4. The zero-order valence-corrected chi connectivity index (χ0v) is 8.47. The number of hydrogen-bond acceptors (Lipinski definition) is 3. The van der Waals surface area contributed by atoms with Gasteiger partial charge in [0, 0.05) is 6.20 Å². The molecule has 1 atom stereocenters. The van der Waals surface area contributed by atoms with Crippen LogP contribution >= 0.6 is 0 Å². The number of carbonyl (C=O) groups is 1. The lowest BCUT2D eigenvalue weighted by Crippen LogP contribution is -2.58. The van der Waals surface area contributed by atoms with Gasteiger partial charge in [-0.25, -0.2) is 10.2 Å². The first-order valence-electron chi connectivity index (χ1n) is 4.96. The number of rotatable bonds is 5. The van der Waals surface area contributed by atoms with Crippen molar-refractivity contribution in [2.24, 2.45) is 5.73 Å². The summed E-state index contributed by atoms with van der Waals surface area (Å²) < 4.78 is 0. The summed E-state index contributed by atoms with van der Waals surface area (Å²) in [5.74, 6) is 0. The van der Waals surface area contributed by atoms with Crippen molar-refractivity contribution < 1.29 is 4.79 Å². The smallest absolute Gasteiger partial charge is 0.313 e. The second kappa shape index (κ2) is 4.85. The quantitative estimate of drug-likeness (QED) is 0.487. The first-order chi connectivity index (χ1) is 6.68. The molecule has 5 nitrogen and oxygen atoms in total. The molecule has 1 heterocycles. The van der Waals surface area contributed by atoms with E-state index in [1.807, 2.05) is 6.08 Å². The minimum atomic E-state index is -0.512. The van der Waals surface area contributed by atoms with E-state index in [9.17, 15) is 4.79 Å². The van der Waals surface area contributed by atoms with Crippen molar-refractivity contribution in [3.8, 4) is 0 Å². The summed E-state index contributed by atoms with van der Waals surface area (Å²) in [6.07, 6.45) is 7.85. The molecule has 14 heavy (non-hydrogen) atoms. The Morgan fingerprint density at radius 1 is 1.57 bits per heavy atom. The van der Waals surface area contributed by atoms with Crippen LogP contribution in [-0.4, -0.2) is 11.7 Å². The van der Waals surface area contributed by atoms with Crippen molar-refractivity contribution >= 4 is 6.03 Å². The number of hydrazine groups is 1. The van der Waals surface area contributed by atoms with E-state index >= 15 is 0 Å². The zero-order chi connectivity index (χ0) is 10.4. The Balaban J connectivity index is 2.45. The molecule has 0 radical (unpaired) electrons. The average Bonchev–Trinajstić information content (AvgIpc) is 2.53. The van der Waals surface area contributed by atoms with E-state index in [1.165, 1.54) is 0 Å². The van der Waals surface area contributed by atoms with Gasteiger partial charge in [-0.05, 0) is 18.9 Å². The molecule has 2 amide bonds. The van der Waals surface area contributed by atoms with E-state index in [0.29, 0.717) is 0 Å². The summed E-state index contributed by atoms with van der Waals surface area (Å²) in [7, 11) is 0. The molecular formula is C9H18N4O. The number of urea groups is 1. The van der Waals surface area contributed by atoms with Gasteiger partial charge in [0.15, 0.2) is 0 Å². The zero-order valence-electron chi connectivity index (χ0n) is 8.47. The minimum Gasteiger partial charge on any atom is -0.352 e. The Labute approximate surface area is 84.1 Å². The highest BCUT2D eigenvalue weighted by atomic mass is 16.2. The molecule has 0 saturated heterocycles. The third-order valence-electron chi connectivity index (χ3n) is 2.27. The van der Waals surface area contributed by atoms with Gasteiger partial charge in [-0.15, -0.1) is 0 Å². The van der Waals surface area contributed by atoms with Crippen LogP contribution < -0.4 is 21.9 Å². The topological polar surface area (TPSA) is 79.2 Å². The third-order valence-corrected chi connectivity index (χ3v) is 2.27. The fraction of sp³-hybridized carbons (Fsp3) is 0.667. The standard InChI is InChI=1S/C9H18N4O/c1-2-3-4-5-9(12-8(10)14)6-7-11-13-9/h6-7,11,13H,2-5H2,1H3,(H3,10,12,14). The fourth-order valence-corrected chi connectivity index (χ4v) is 1.55. The van der Waals surface area contributed by atoms with Crippen LogP contribution in [0.1, 0.15) is 32.6 Å². The van der Waals surface area contributed by atoms with Gasteiger partial charge in [0.1, 0.15) is 5.66 Å². The maximum absolute atomic E-state index is 10.8. The molecule has 0 fully saturated rings. The highest BCUT2D eigenvalue weighted by Gasteiger charge is 2.29. The second-order valence-corrected chi connectivity index (χ2v) is 3.52. The van der Waals surface area contributed by atoms with E-state index in [1.54, 1.807) is 6.20 Å². The minimum absolute atomic E-state index is 0.499. The number of primary amides is 1. The monoisotopic (exact) mass is 198 g/mol. The van der Waals surface area contributed by atoms with Crippen molar-refractivity contribution in [3.05, 3.63) is 12.3 Å². The van der Waals surface area contributed by atoms with Gasteiger partial charge >= 0.3 is 6.03 Å². The Bertz CT molecular complexity index is 229. The summed E-state index contributed by atoms with van der Waals surface area (Å²) in [5, 5.41) is 2.69. The molecular weight excluding hydrogens is 180 g/mol. The number of unbranched alkanes of at least 4 members (excludes halogenated alkanes) is 2. The van der Waals surface area contributed by atoms with Gasteiger partial charge in [0.2, 0.25) is 0 Å². The summed E-state index contributed by atoms with van der Waals surface area (Å²) in [6, 6.07) is -0.512. The number of hydrogen-bond donors (Lipinski definition) is 4. The molecule has 1 aliphatic heterocycles. The first kappa shape index (κ1) is 10.8. The van der Waals surface area contributed by atoms with Crippen molar-refractivity contribution in [1.82, 2.24) is 16.2 Å². The van der Waals surface area contributed by atoms with E-state index in [4.69, 9.17) is 5.73 Å². The maximum Gasteiger partial charge on any atom is 0.313 e. The van der Waals surface area contributed by atoms with Gasteiger partial charge in [-0.2, -0.15) is 0 Å². The van der Waals surface area contributed by atoms with Crippen LogP contribution in [0.25, 0.3) is 0 Å². The lowest BCUT2D eigenvalue weighted by molar-refractivity contribution is 0.228. The maximum atomic E-state index is 10.8. The molecule has 0 aromatic heterocycles. The fourth-order valence-electron chi connectivity index (χ4n) is 1.55. The van der Waals surface area contributed by atoms with E-state index in [2.05, 4.69) is 23.1 Å². The molecule has 1 aliphatic rings. The molecule has 0 aliphatic carbocycles. The second-order valence-electron chi connectivity index (χ2n) is 3.52. The van der Waals surface area contributed by atoms with E-state index < -0.39 is 11.7 Å². The van der Waals surface area contributed by atoms with Crippen molar-refractivity contribution in [3.63, 3.8) is 0 Å². The van der Waals surface area contributed by atoms with Crippen LogP contribution in [0.4, 0.5) is 4.79 Å². The highest BCUT2D eigenvalue weighted by Crippen LogP contribution is 2.15. The van der Waals surface area contributed by atoms with Crippen LogP contribution in [0, 0.1) is 0 Å². The Kier molecular flexibility index (Phi) is 3.76. The third kappa shape index (κ3) is 2.92. The number of carbonyl (C=O) groups excluding carboxylic acids is 1. The number of nitrogens with two attached hydrogens (primary N) is 1. The van der Waals surface area contributed by atoms with Gasteiger partial charge in [-0.3, -0.25) is 0 Å². The van der Waals surface area contributed by atoms with Gasteiger partial charge in [0.05, 0.1) is 0 Å². The lowest BCUT2D eigenvalue weighted by Gasteiger charge is -2.27. The van der Waals surface area contributed by atoms with Gasteiger partial charge in [-0.1, -0.05) is 19.8 Å². The number of amides is 2. The lowest BCUT2D eigenvalue weighted by atomic mass is 10.0. The molecule has 0 aromatic carbocycles. The van der Waals surface area contributed by atoms with Crippen LogP contribution in [-0.2, 0) is 0 Å². The summed E-state index contributed by atoms with van der Waals surface area (Å²) in [6.45, 7) is 2.14. The van der Waals surface area contributed by atoms with Crippen LogP contribution in [0.15, 0.2) is 12.3 Å². The van der Waals surface area contributed by atoms with Crippen LogP contribution in [0.2, 0.25) is 0 Å². The van der Waals surface area contributed by atoms with E-state index in [-0.39, 0.29) is 0 Å². The van der Waals surface area contributed by atoms with Crippen molar-refractivity contribution in [1.29, 1.82) is 0 Å². The molecule has 80 valence electrons. The number of nitrogens with one attached hydrogen (secondary N) is 3. The predicted octanol–water partition coefficient (Wildman–Crippen LogP) is 0.553. The molecule has 1 rings (SSSR count). The largest absolute Gasteiger partial charge is 0.352 e. The Hall–Kier alpha value is -1.23. The van der Waals surface area contributed by atoms with Crippen LogP contribution in [0.5, 0.6) is 0 Å². The first-order valence-corrected chi connectivity index (χ1v) is 4.96. The van der Waals surface area contributed by atoms with E-state index in [0.717, 1.165) is 25.7 Å². The Morgan fingerprint density at radius 2 is 2.36 bits per heavy atom. The molecule has 0 saturated carbocycles. The predicted molar refractivity (Wildman–Crippen MR) is 55.0 cm³/mol. The molecule has 1 unspecified atom stereocenters. The van der Waals surface area contributed by atoms with Crippen molar-refractivity contribution in [2.45, 2.75) is 38.3 Å². The highest BCUT2D eigenvalue weighted by molar-refractivity contribution is 5.73. The van der Waals surface area contributed by atoms with Gasteiger partial charge in [0.25, 0.3) is 0 Å². The molecule has 0 bridgehead atoms. The summed E-state index contributed by atoms with van der Waals surface area (Å²) in [4.78, 5) is 10.8. The molecule has 5 heteroatoms. The molecule has 0 aromatic rings.